The molecule has 0 spiro atoms. The van der Waals surface area contributed by atoms with E-state index in [-0.39, 0.29) is 0 Å². The van der Waals surface area contributed by atoms with Crippen LogP contribution in [0.4, 0.5) is 0 Å². The van der Waals surface area contributed by atoms with Gasteiger partial charge in [-0.05, 0) is 18.8 Å². The van der Waals surface area contributed by atoms with Crippen molar-refractivity contribution in [1.82, 2.24) is 0 Å². The summed E-state index contributed by atoms with van der Waals surface area (Å²) in [5.41, 5.74) is 0. The molecular formula is C9H17. The highest BCUT2D eigenvalue weighted by Crippen LogP contribution is 2.07. The lowest BCUT2D eigenvalue weighted by Gasteiger charge is -2.00. The molecule has 0 N–H and O–H groups in total. The van der Waals surface area contributed by atoms with Gasteiger partial charge in [0.25, 0.3) is 0 Å². The van der Waals surface area contributed by atoms with E-state index in [4.69, 9.17) is 6.58 Å². The predicted octanol–water partition coefficient (Wildman–Crippen LogP) is 3.19. The molecule has 1 radical (unpaired) electrons. The number of rotatable bonds is 5. The smallest absolute Gasteiger partial charge is 0.0348 e. The number of hydrogen-bond acceptors (Lipinski definition) is 0. The molecule has 0 fully saturated rings. The maximum atomic E-state index is 5.22. The Kier molecular flexibility index (Phi) is 5.70. The Labute approximate surface area is 59.0 Å². The van der Waals surface area contributed by atoms with E-state index in [0.29, 0.717) is 0 Å². The Hall–Kier alpha value is -0.260. The van der Waals surface area contributed by atoms with Crippen molar-refractivity contribution in [3.63, 3.8) is 0 Å². The van der Waals surface area contributed by atoms with Gasteiger partial charge in [-0.25, -0.2) is 0 Å². The van der Waals surface area contributed by atoms with Crippen molar-refractivity contribution in [2.75, 3.05) is 0 Å². The van der Waals surface area contributed by atoms with Gasteiger partial charge in [-0.15, -0.1) is 0 Å². The fourth-order valence-electron chi connectivity index (χ4n) is 0.815. The summed E-state index contributed by atoms with van der Waals surface area (Å²) in [5, 5.41) is 0. The first kappa shape index (κ1) is 8.74. The van der Waals surface area contributed by atoms with Crippen LogP contribution in [0.25, 0.3) is 0 Å². The van der Waals surface area contributed by atoms with E-state index in [2.05, 4.69) is 13.8 Å². The first-order chi connectivity index (χ1) is 4.27. The summed E-state index contributed by atoms with van der Waals surface area (Å²) >= 11 is 0. The van der Waals surface area contributed by atoms with E-state index in [9.17, 15) is 0 Å². The largest absolute Gasteiger partial charge is 0.0845 e. The summed E-state index contributed by atoms with van der Waals surface area (Å²) < 4.78 is 0. The first-order valence-electron chi connectivity index (χ1n) is 3.80. The van der Waals surface area contributed by atoms with Crippen molar-refractivity contribution in [3.8, 4) is 0 Å². The summed E-state index contributed by atoms with van der Waals surface area (Å²) in [6.45, 7) is 9.73. The molecular weight excluding hydrogens is 108 g/mol. The SMILES string of the molecule is [CH]=CCCCCC(C)C. The van der Waals surface area contributed by atoms with Gasteiger partial charge in [0.2, 0.25) is 0 Å². The van der Waals surface area contributed by atoms with Crippen molar-refractivity contribution >= 4 is 0 Å². The average Bonchev–Trinajstić information content (AvgIpc) is 1.80. The number of unbranched alkanes of at least 4 members (excludes halogenated alkanes) is 2. The number of allylic oxidation sites excluding steroid dienone is 1. The highest BCUT2D eigenvalue weighted by atomic mass is 14.0. The van der Waals surface area contributed by atoms with Crippen LogP contribution < -0.4 is 0 Å². The van der Waals surface area contributed by atoms with Crippen LogP contribution in [0, 0.1) is 12.5 Å². The van der Waals surface area contributed by atoms with Gasteiger partial charge in [0.15, 0.2) is 0 Å². The topological polar surface area (TPSA) is 0 Å². The van der Waals surface area contributed by atoms with E-state index < -0.39 is 0 Å². The van der Waals surface area contributed by atoms with E-state index in [1.54, 1.807) is 6.08 Å². The third-order valence-corrected chi connectivity index (χ3v) is 1.40. The summed E-state index contributed by atoms with van der Waals surface area (Å²) in [6, 6.07) is 0. The second-order valence-electron chi connectivity index (χ2n) is 2.91. The van der Waals surface area contributed by atoms with Crippen molar-refractivity contribution in [3.05, 3.63) is 12.7 Å². The molecule has 0 aliphatic carbocycles. The standard InChI is InChI=1S/C9H17/c1-4-5-6-7-8-9(2)3/h1,4,9H,5-8H2,2-3H3. The molecule has 0 amide bonds. The third kappa shape index (κ3) is 7.74. The first-order valence-corrected chi connectivity index (χ1v) is 3.80. The van der Waals surface area contributed by atoms with Crippen LogP contribution in [-0.4, -0.2) is 0 Å². The zero-order valence-corrected chi connectivity index (χ0v) is 6.56. The molecule has 0 aromatic heterocycles. The molecule has 9 heavy (non-hydrogen) atoms. The lowest BCUT2D eigenvalue weighted by Crippen LogP contribution is -1.85. The van der Waals surface area contributed by atoms with Crippen molar-refractivity contribution < 1.29 is 0 Å². The zero-order chi connectivity index (χ0) is 7.11. The molecule has 0 aliphatic heterocycles. The summed E-state index contributed by atoms with van der Waals surface area (Å²) in [6.07, 6.45) is 6.75. The van der Waals surface area contributed by atoms with Crippen LogP contribution in [0.15, 0.2) is 6.08 Å². The summed E-state index contributed by atoms with van der Waals surface area (Å²) in [7, 11) is 0. The highest BCUT2D eigenvalue weighted by molar-refractivity contribution is 4.61. The molecule has 0 nitrogen and oxygen atoms in total. The Morgan fingerprint density at radius 2 is 2.00 bits per heavy atom. The Morgan fingerprint density at radius 1 is 1.33 bits per heavy atom. The van der Waals surface area contributed by atoms with Gasteiger partial charge in [-0.1, -0.05) is 39.3 Å². The van der Waals surface area contributed by atoms with Gasteiger partial charge in [-0.3, -0.25) is 0 Å². The van der Waals surface area contributed by atoms with E-state index in [1.165, 1.54) is 19.3 Å². The minimum absolute atomic E-state index is 0.850. The van der Waals surface area contributed by atoms with Gasteiger partial charge in [0.05, 0.1) is 0 Å². The molecule has 0 rings (SSSR count). The van der Waals surface area contributed by atoms with Gasteiger partial charge in [0, 0.05) is 0 Å². The molecule has 53 valence electrons. The van der Waals surface area contributed by atoms with Gasteiger partial charge in [-0.2, -0.15) is 0 Å². The minimum Gasteiger partial charge on any atom is -0.0845 e. The lowest BCUT2D eigenvalue weighted by molar-refractivity contribution is 0.540. The van der Waals surface area contributed by atoms with Crippen LogP contribution in [0.1, 0.15) is 39.5 Å². The third-order valence-electron chi connectivity index (χ3n) is 1.40. The molecule has 0 aromatic carbocycles. The normalized spacial score (nSPS) is 10.1. The van der Waals surface area contributed by atoms with Crippen LogP contribution >= 0.6 is 0 Å². The van der Waals surface area contributed by atoms with Gasteiger partial charge in [0.1, 0.15) is 0 Å². The number of hydrogen-bond donors (Lipinski definition) is 0. The quantitative estimate of drug-likeness (QED) is 0.495. The van der Waals surface area contributed by atoms with Crippen LogP contribution in [0.2, 0.25) is 0 Å². The Morgan fingerprint density at radius 3 is 2.44 bits per heavy atom. The van der Waals surface area contributed by atoms with E-state index in [1.807, 2.05) is 0 Å². The Balaban J connectivity index is 2.82. The molecule has 0 saturated heterocycles. The molecule has 0 saturated carbocycles. The van der Waals surface area contributed by atoms with Gasteiger partial charge < -0.3 is 0 Å². The molecule has 0 heterocycles. The summed E-state index contributed by atoms with van der Waals surface area (Å²) in [4.78, 5) is 0. The second kappa shape index (κ2) is 5.87. The Bertz CT molecular complexity index is 62.4. The molecule has 0 aliphatic rings. The molecule has 0 bridgehead atoms. The molecule has 0 aromatic rings. The predicted molar refractivity (Wildman–Crippen MR) is 42.2 cm³/mol. The molecule has 0 atom stereocenters. The maximum Gasteiger partial charge on any atom is -0.0348 e. The van der Waals surface area contributed by atoms with E-state index >= 15 is 0 Å². The van der Waals surface area contributed by atoms with Crippen molar-refractivity contribution in [1.29, 1.82) is 0 Å². The fraction of sp³-hybridized carbons (Fsp3) is 0.778. The maximum absolute atomic E-state index is 5.22. The average molecular weight is 125 g/mol. The minimum atomic E-state index is 0.850. The van der Waals surface area contributed by atoms with Gasteiger partial charge >= 0.3 is 0 Å². The molecule has 0 unspecified atom stereocenters. The lowest BCUT2D eigenvalue weighted by atomic mass is 10.1. The highest BCUT2D eigenvalue weighted by Gasteiger charge is 1.91. The summed E-state index contributed by atoms with van der Waals surface area (Å²) in [5.74, 6) is 0.850. The zero-order valence-electron chi connectivity index (χ0n) is 6.56. The second-order valence-corrected chi connectivity index (χ2v) is 2.91. The van der Waals surface area contributed by atoms with E-state index in [0.717, 1.165) is 12.3 Å². The van der Waals surface area contributed by atoms with Crippen molar-refractivity contribution in [2.45, 2.75) is 39.5 Å². The van der Waals surface area contributed by atoms with Crippen LogP contribution in [0.3, 0.4) is 0 Å². The van der Waals surface area contributed by atoms with Crippen LogP contribution in [0.5, 0.6) is 0 Å². The monoisotopic (exact) mass is 125 g/mol. The fourth-order valence-corrected chi connectivity index (χ4v) is 0.815. The van der Waals surface area contributed by atoms with Crippen LogP contribution in [-0.2, 0) is 0 Å². The molecule has 0 heteroatoms. The van der Waals surface area contributed by atoms with Crippen molar-refractivity contribution in [2.24, 2.45) is 5.92 Å².